The van der Waals surface area contributed by atoms with Crippen LogP contribution in [-0.2, 0) is 47.4 Å². The molecule has 4 atom stereocenters. The minimum absolute atomic E-state index is 0.0132. The van der Waals surface area contributed by atoms with Gasteiger partial charge in [-0.25, -0.2) is 9.78 Å². The molecule has 0 saturated carbocycles. The summed E-state index contributed by atoms with van der Waals surface area (Å²) in [7, 11) is 2.76. The van der Waals surface area contributed by atoms with E-state index in [2.05, 4.69) is 4.98 Å². The first-order valence-corrected chi connectivity index (χ1v) is 9.28. The molecule has 0 spiro atoms. The van der Waals surface area contributed by atoms with E-state index in [1.54, 1.807) is 0 Å². The van der Waals surface area contributed by atoms with Gasteiger partial charge < -0.3 is 18.9 Å². The third-order valence-corrected chi connectivity index (χ3v) is 4.77. The van der Waals surface area contributed by atoms with Crippen molar-refractivity contribution < 1.29 is 33.3 Å². The topological polar surface area (TPSA) is 150 Å². The number of fused-ring (bicyclic) bond motifs is 1. The van der Waals surface area contributed by atoms with E-state index < -0.39 is 53.7 Å². The summed E-state index contributed by atoms with van der Waals surface area (Å²) in [5.41, 5.74) is -1.12. The first kappa shape index (κ1) is 22.2. The Morgan fingerprint density at radius 3 is 2.13 bits per heavy atom. The molecule has 1 fully saturated rings. The van der Waals surface area contributed by atoms with E-state index in [0.717, 1.165) is 18.4 Å². The van der Waals surface area contributed by atoms with E-state index in [0.29, 0.717) is 0 Å². The van der Waals surface area contributed by atoms with Crippen LogP contribution in [0.25, 0.3) is 11.2 Å². The van der Waals surface area contributed by atoms with Crippen molar-refractivity contribution in [2.75, 3.05) is 6.61 Å². The van der Waals surface area contributed by atoms with Crippen molar-refractivity contribution in [2.45, 2.75) is 45.3 Å². The molecular weight excluding hydrogens is 416 g/mol. The van der Waals surface area contributed by atoms with E-state index in [1.165, 1.54) is 36.5 Å². The molecule has 0 amide bonds. The number of hydrogen-bond acceptors (Lipinski definition) is 10. The lowest BCUT2D eigenvalue weighted by Crippen LogP contribution is -2.55. The molecule has 13 nitrogen and oxygen atoms in total. The second-order valence-corrected chi connectivity index (χ2v) is 7.05. The maximum atomic E-state index is 12.8. The van der Waals surface area contributed by atoms with Crippen molar-refractivity contribution in [1.82, 2.24) is 18.7 Å². The fraction of sp³-hybridized carbons (Fsp3) is 0.556. The van der Waals surface area contributed by atoms with Crippen LogP contribution in [0.4, 0.5) is 0 Å². The number of aromatic nitrogens is 4. The van der Waals surface area contributed by atoms with Crippen LogP contribution in [0.2, 0.25) is 0 Å². The van der Waals surface area contributed by atoms with Crippen molar-refractivity contribution in [1.29, 1.82) is 0 Å². The maximum Gasteiger partial charge on any atom is 0.332 e. The minimum atomic E-state index is -1.28. The molecule has 0 radical (unpaired) electrons. The highest BCUT2D eigenvalue weighted by Crippen LogP contribution is 2.32. The van der Waals surface area contributed by atoms with Gasteiger partial charge in [0.1, 0.15) is 6.33 Å². The van der Waals surface area contributed by atoms with Crippen LogP contribution < -0.4 is 11.2 Å². The number of esters is 3. The van der Waals surface area contributed by atoms with Gasteiger partial charge in [0.25, 0.3) is 5.56 Å². The highest BCUT2D eigenvalue weighted by atomic mass is 16.6. The molecule has 0 aromatic carbocycles. The Bertz CT molecular complexity index is 1160. The van der Waals surface area contributed by atoms with Gasteiger partial charge in [0.2, 0.25) is 0 Å². The summed E-state index contributed by atoms with van der Waals surface area (Å²) in [6, 6.07) is 0. The zero-order valence-corrected chi connectivity index (χ0v) is 17.6. The normalized spacial score (nSPS) is 23.4. The quantitative estimate of drug-likeness (QED) is 0.419. The number of ether oxygens (including phenoxy) is 4. The van der Waals surface area contributed by atoms with Gasteiger partial charge in [0.05, 0.1) is 6.61 Å². The van der Waals surface area contributed by atoms with Crippen LogP contribution in [-0.4, -0.2) is 61.5 Å². The summed E-state index contributed by atoms with van der Waals surface area (Å²) >= 11 is 0. The second kappa shape index (κ2) is 8.34. The molecule has 2 aromatic heterocycles. The van der Waals surface area contributed by atoms with Crippen LogP contribution >= 0.6 is 0 Å². The Balaban J connectivity index is 2.16. The molecule has 31 heavy (non-hydrogen) atoms. The summed E-state index contributed by atoms with van der Waals surface area (Å²) in [5.74, 6) is -2.07. The van der Waals surface area contributed by atoms with Gasteiger partial charge in [-0.3, -0.25) is 32.9 Å². The number of nitrogens with zero attached hydrogens (tertiary/aromatic N) is 4. The minimum Gasteiger partial charge on any atom is -0.456 e. The van der Waals surface area contributed by atoms with Crippen molar-refractivity contribution in [2.24, 2.45) is 14.1 Å². The number of carbonyl (C=O) groups is 3. The Labute approximate surface area is 175 Å². The van der Waals surface area contributed by atoms with Crippen LogP contribution in [0.1, 0.15) is 27.0 Å². The molecule has 0 N–H and O–H groups in total. The van der Waals surface area contributed by atoms with Crippen molar-refractivity contribution in [3.05, 3.63) is 27.2 Å². The Hall–Kier alpha value is -3.48. The van der Waals surface area contributed by atoms with E-state index in [1.807, 2.05) is 0 Å². The van der Waals surface area contributed by atoms with Gasteiger partial charge in [0, 0.05) is 34.9 Å². The van der Waals surface area contributed by atoms with Crippen molar-refractivity contribution in [3.8, 4) is 0 Å². The Morgan fingerprint density at radius 1 is 0.968 bits per heavy atom. The van der Waals surface area contributed by atoms with Gasteiger partial charge in [-0.2, -0.15) is 0 Å². The second-order valence-electron chi connectivity index (χ2n) is 7.05. The van der Waals surface area contributed by atoms with Crippen LogP contribution in [0.5, 0.6) is 0 Å². The third kappa shape index (κ3) is 4.08. The van der Waals surface area contributed by atoms with Gasteiger partial charge in [-0.05, 0) is 0 Å². The van der Waals surface area contributed by atoms with Gasteiger partial charge >= 0.3 is 23.6 Å². The summed E-state index contributed by atoms with van der Waals surface area (Å²) < 4.78 is 25.0. The third-order valence-electron chi connectivity index (χ3n) is 4.77. The molecule has 2 aromatic rings. The first-order chi connectivity index (χ1) is 14.5. The average molecular weight is 438 g/mol. The predicted octanol–water partition coefficient (Wildman–Crippen LogP) is -1.24. The Morgan fingerprint density at radius 2 is 1.55 bits per heavy atom. The number of aryl methyl sites for hydroxylation is 1. The predicted molar refractivity (Wildman–Crippen MR) is 102 cm³/mol. The highest BCUT2D eigenvalue weighted by Gasteiger charge is 2.48. The fourth-order valence-electron chi connectivity index (χ4n) is 3.52. The lowest BCUT2D eigenvalue weighted by atomic mass is 10.0. The Kier molecular flexibility index (Phi) is 5.97. The van der Waals surface area contributed by atoms with Crippen molar-refractivity contribution >= 4 is 29.1 Å². The molecule has 168 valence electrons. The lowest BCUT2D eigenvalue weighted by Gasteiger charge is -2.40. The van der Waals surface area contributed by atoms with Crippen LogP contribution in [0.15, 0.2) is 15.9 Å². The van der Waals surface area contributed by atoms with Gasteiger partial charge in [-0.15, -0.1) is 0 Å². The molecule has 1 aliphatic heterocycles. The van der Waals surface area contributed by atoms with E-state index >= 15 is 0 Å². The largest absolute Gasteiger partial charge is 0.456 e. The average Bonchev–Trinajstić information content (AvgIpc) is 3.11. The van der Waals surface area contributed by atoms with Crippen LogP contribution in [0.3, 0.4) is 0 Å². The number of rotatable bonds is 4. The first-order valence-electron chi connectivity index (χ1n) is 9.28. The zero-order chi connectivity index (χ0) is 23.0. The lowest BCUT2D eigenvalue weighted by molar-refractivity contribution is -0.239. The maximum absolute atomic E-state index is 12.8. The van der Waals surface area contributed by atoms with Crippen molar-refractivity contribution in [3.63, 3.8) is 0 Å². The van der Waals surface area contributed by atoms with Gasteiger partial charge in [-0.1, -0.05) is 0 Å². The molecule has 1 aliphatic rings. The molecule has 1 saturated heterocycles. The summed E-state index contributed by atoms with van der Waals surface area (Å²) in [6.07, 6.45) is -3.44. The highest BCUT2D eigenvalue weighted by molar-refractivity contribution is 5.71. The SMILES string of the molecule is CC(=O)O[C@@H]1[C@H](OC(C)=O)[C@H](OC(C)=O)CO[C@H]1n1cnc2c1c(=O)n(C)c(=O)n2C. The van der Waals surface area contributed by atoms with E-state index in [4.69, 9.17) is 18.9 Å². The smallest absolute Gasteiger partial charge is 0.332 e. The summed E-state index contributed by atoms with van der Waals surface area (Å²) in [5, 5.41) is 0. The van der Waals surface area contributed by atoms with Gasteiger partial charge in [0.15, 0.2) is 35.7 Å². The standard InChI is InChI=1S/C18H22N4O9/c1-8(23)29-11-6-28-17(14(31-10(3)25)13(11)30-9(2)24)22-7-19-15-12(22)16(26)21(5)18(27)20(15)4/h7,11,13-14,17H,6H2,1-5H3/t11-,13-,14-,17-/m1/s1. The molecule has 0 bridgehead atoms. The van der Waals surface area contributed by atoms with E-state index in [-0.39, 0.29) is 17.8 Å². The molecule has 0 unspecified atom stereocenters. The number of hydrogen-bond donors (Lipinski definition) is 0. The van der Waals surface area contributed by atoms with Crippen LogP contribution in [0, 0.1) is 0 Å². The molecule has 3 heterocycles. The molecule has 3 rings (SSSR count). The molecule has 13 heteroatoms. The molecule has 0 aliphatic carbocycles. The molecular formula is C18H22N4O9. The zero-order valence-electron chi connectivity index (χ0n) is 17.6. The fourth-order valence-corrected chi connectivity index (χ4v) is 3.52. The number of carbonyl (C=O) groups excluding carboxylic acids is 3. The monoisotopic (exact) mass is 438 g/mol. The van der Waals surface area contributed by atoms with E-state index in [9.17, 15) is 24.0 Å². The summed E-state index contributed by atoms with van der Waals surface area (Å²) in [4.78, 5) is 64.1. The number of imidazole rings is 1. The summed E-state index contributed by atoms with van der Waals surface area (Å²) in [6.45, 7) is 3.25.